The van der Waals surface area contributed by atoms with Gasteiger partial charge in [-0.3, -0.25) is 4.79 Å². The number of rotatable bonds is 5. The highest BCUT2D eigenvalue weighted by Crippen LogP contribution is 2.23. The third kappa shape index (κ3) is 5.68. The standard InChI is InChI=1S/C19H24ClNO3/c1-13-6-3-4-9-17(13)21-19(23)14(2)24-18(22)11-10-15-7-5-8-16(20)12-15/h5,7-8,10-14,17H,3-4,6,9H2,1-2H3,(H,21,23)/b11-10+. The van der Waals surface area contributed by atoms with Crippen molar-refractivity contribution in [1.29, 1.82) is 0 Å². The molecule has 1 aliphatic rings. The molecule has 2 rings (SSSR count). The molecule has 1 N–H and O–H groups in total. The Kier molecular flexibility index (Phi) is 6.85. The van der Waals surface area contributed by atoms with E-state index < -0.39 is 12.1 Å². The smallest absolute Gasteiger partial charge is 0.331 e. The number of benzene rings is 1. The summed E-state index contributed by atoms with van der Waals surface area (Å²) in [6.45, 7) is 3.74. The number of nitrogens with one attached hydrogen (secondary N) is 1. The molecule has 1 aromatic carbocycles. The monoisotopic (exact) mass is 349 g/mol. The van der Waals surface area contributed by atoms with Gasteiger partial charge in [0.1, 0.15) is 0 Å². The average molecular weight is 350 g/mol. The summed E-state index contributed by atoms with van der Waals surface area (Å²) in [5.41, 5.74) is 0.799. The second kappa shape index (κ2) is 8.88. The maximum atomic E-state index is 12.2. The Morgan fingerprint density at radius 2 is 2.08 bits per heavy atom. The van der Waals surface area contributed by atoms with Crippen LogP contribution < -0.4 is 5.32 Å². The molecule has 0 radical (unpaired) electrons. The summed E-state index contributed by atoms with van der Waals surface area (Å²) in [6.07, 6.45) is 6.57. The summed E-state index contributed by atoms with van der Waals surface area (Å²) in [5, 5.41) is 3.59. The van der Waals surface area contributed by atoms with E-state index >= 15 is 0 Å². The van der Waals surface area contributed by atoms with Gasteiger partial charge in [-0.25, -0.2) is 4.79 Å². The highest BCUT2D eigenvalue weighted by atomic mass is 35.5. The van der Waals surface area contributed by atoms with E-state index in [1.165, 1.54) is 12.5 Å². The fourth-order valence-electron chi connectivity index (χ4n) is 2.87. The number of carbonyl (C=O) groups is 2. The van der Waals surface area contributed by atoms with Crippen LogP contribution in [0.25, 0.3) is 6.08 Å². The van der Waals surface area contributed by atoms with Gasteiger partial charge in [-0.15, -0.1) is 0 Å². The summed E-state index contributed by atoms with van der Waals surface area (Å²) in [4.78, 5) is 24.0. The Morgan fingerprint density at radius 1 is 1.33 bits per heavy atom. The van der Waals surface area contributed by atoms with Crippen LogP contribution in [0.4, 0.5) is 0 Å². The first-order chi connectivity index (χ1) is 11.5. The van der Waals surface area contributed by atoms with Crippen LogP contribution in [0.1, 0.15) is 45.1 Å². The van der Waals surface area contributed by atoms with E-state index in [9.17, 15) is 9.59 Å². The molecule has 1 fully saturated rings. The molecule has 3 unspecified atom stereocenters. The van der Waals surface area contributed by atoms with Crippen LogP contribution in [0.5, 0.6) is 0 Å². The van der Waals surface area contributed by atoms with Gasteiger partial charge < -0.3 is 10.1 Å². The summed E-state index contributed by atoms with van der Waals surface area (Å²) in [6, 6.07) is 7.31. The molecule has 0 bridgehead atoms. The maximum absolute atomic E-state index is 12.2. The van der Waals surface area contributed by atoms with E-state index in [0.29, 0.717) is 10.9 Å². The van der Waals surface area contributed by atoms with Crippen molar-refractivity contribution in [2.45, 2.75) is 51.7 Å². The zero-order chi connectivity index (χ0) is 17.5. The normalized spacial score (nSPS) is 22.1. The molecule has 24 heavy (non-hydrogen) atoms. The number of amides is 1. The molecule has 0 saturated heterocycles. The lowest BCUT2D eigenvalue weighted by Gasteiger charge is -2.30. The molecule has 0 aliphatic heterocycles. The number of hydrogen-bond acceptors (Lipinski definition) is 3. The van der Waals surface area contributed by atoms with Crippen LogP contribution in [0, 0.1) is 5.92 Å². The Labute approximate surface area is 148 Å². The van der Waals surface area contributed by atoms with Gasteiger partial charge in [-0.05, 0) is 49.5 Å². The van der Waals surface area contributed by atoms with Crippen molar-refractivity contribution in [2.24, 2.45) is 5.92 Å². The fourth-order valence-corrected chi connectivity index (χ4v) is 3.07. The number of carbonyl (C=O) groups excluding carboxylic acids is 2. The van der Waals surface area contributed by atoms with Gasteiger partial charge in [-0.1, -0.05) is 43.5 Å². The summed E-state index contributed by atoms with van der Waals surface area (Å²) >= 11 is 5.89. The van der Waals surface area contributed by atoms with Crippen LogP contribution in [0.2, 0.25) is 5.02 Å². The Morgan fingerprint density at radius 3 is 2.79 bits per heavy atom. The first-order valence-corrected chi connectivity index (χ1v) is 8.78. The highest BCUT2D eigenvalue weighted by molar-refractivity contribution is 6.30. The van der Waals surface area contributed by atoms with Gasteiger partial charge in [0.15, 0.2) is 6.10 Å². The van der Waals surface area contributed by atoms with Crippen LogP contribution in [0.3, 0.4) is 0 Å². The molecule has 5 heteroatoms. The minimum absolute atomic E-state index is 0.175. The largest absolute Gasteiger partial charge is 0.449 e. The summed E-state index contributed by atoms with van der Waals surface area (Å²) in [7, 11) is 0. The lowest BCUT2D eigenvalue weighted by atomic mass is 9.86. The average Bonchev–Trinajstić information content (AvgIpc) is 2.55. The number of ether oxygens (including phenoxy) is 1. The van der Waals surface area contributed by atoms with Gasteiger partial charge in [0.25, 0.3) is 5.91 Å². The lowest BCUT2D eigenvalue weighted by Crippen LogP contribution is -2.45. The molecule has 1 saturated carbocycles. The van der Waals surface area contributed by atoms with Crippen molar-refractivity contribution in [3.05, 3.63) is 40.9 Å². The Bertz CT molecular complexity index is 614. The first kappa shape index (κ1) is 18.5. The number of hydrogen-bond donors (Lipinski definition) is 1. The first-order valence-electron chi connectivity index (χ1n) is 8.40. The third-order valence-corrected chi connectivity index (χ3v) is 4.60. The molecule has 0 aromatic heterocycles. The predicted octanol–water partition coefficient (Wildman–Crippen LogP) is 3.98. The summed E-state index contributed by atoms with van der Waals surface area (Å²) < 4.78 is 5.17. The fraction of sp³-hybridized carbons (Fsp3) is 0.474. The second-order valence-electron chi connectivity index (χ2n) is 6.34. The van der Waals surface area contributed by atoms with Crippen LogP contribution in [-0.2, 0) is 14.3 Å². The van der Waals surface area contributed by atoms with Crippen molar-refractivity contribution in [3.63, 3.8) is 0 Å². The zero-order valence-corrected chi connectivity index (χ0v) is 14.9. The van der Waals surface area contributed by atoms with Gasteiger partial charge in [-0.2, -0.15) is 0 Å². The van der Waals surface area contributed by atoms with Gasteiger partial charge in [0.2, 0.25) is 0 Å². The molecular formula is C19H24ClNO3. The van der Waals surface area contributed by atoms with E-state index in [4.69, 9.17) is 16.3 Å². The summed E-state index contributed by atoms with van der Waals surface area (Å²) in [5.74, 6) is -0.319. The topological polar surface area (TPSA) is 55.4 Å². The Hall–Kier alpha value is -1.81. The lowest BCUT2D eigenvalue weighted by molar-refractivity contribution is -0.150. The minimum atomic E-state index is -0.810. The van der Waals surface area contributed by atoms with E-state index in [1.54, 1.807) is 31.2 Å². The Balaban J connectivity index is 1.83. The van der Waals surface area contributed by atoms with Crippen molar-refractivity contribution in [3.8, 4) is 0 Å². The van der Waals surface area contributed by atoms with Crippen LogP contribution >= 0.6 is 11.6 Å². The molecule has 0 spiro atoms. The van der Waals surface area contributed by atoms with Gasteiger partial charge >= 0.3 is 5.97 Å². The SMILES string of the molecule is CC(OC(=O)/C=C/c1cccc(Cl)c1)C(=O)NC1CCCCC1C. The van der Waals surface area contributed by atoms with E-state index in [2.05, 4.69) is 12.2 Å². The quantitative estimate of drug-likeness (QED) is 0.646. The number of esters is 1. The minimum Gasteiger partial charge on any atom is -0.449 e. The van der Waals surface area contributed by atoms with Crippen molar-refractivity contribution in [1.82, 2.24) is 5.32 Å². The highest BCUT2D eigenvalue weighted by Gasteiger charge is 2.25. The van der Waals surface area contributed by atoms with E-state index in [0.717, 1.165) is 24.8 Å². The molecule has 1 aromatic rings. The zero-order valence-electron chi connectivity index (χ0n) is 14.1. The van der Waals surface area contributed by atoms with Crippen LogP contribution in [0.15, 0.2) is 30.3 Å². The number of halogens is 1. The third-order valence-electron chi connectivity index (χ3n) is 4.36. The van der Waals surface area contributed by atoms with E-state index in [1.807, 2.05) is 6.07 Å². The van der Waals surface area contributed by atoms with Gasteiger partial charge in [0.05, 0.1) is 0 Å². The molecule has 4 nitrogen and oxygen atoms in total. The molecule has 1 aliphatic carbocycles. The maximum Gasteiger partial charge on any atom is 0.331 e. The van der Waals surface area contributed by atoms with Crippen molar-refractivity contribution < 1.29 is 14.3 Å². The second-order valence-corrected chi connectivity index (χ2v) is 6.78. The molecule has 1 amide bonds. The van der Waals surface area contributed by atoms with Crippen molar-refractivity contribution >= 4 is 29.6 Å². The predicted molar refractivity (Wildman–Crippen MR) is 95.6 cm³/mol. The van der Waals surface area contributed by atoms with Crippen LogP contribution in [-0.4, -0.2) is 24.0 Å². The van der Waals surface area contributed by atoms with Crippen molar-refractivity contribution in [2.75, 3.05) is 0 Å². The molecule has 130 valence electrons. The molecule has 3 atom stereocenters. The van der Waals surface area contributed by atoms with E-state index in [-0.39, 0.29) is 11.9 Å². The van der Waals surface area contributed by atoms with Gasteiger partial charge in [0, 0.05) is 17.1 Å². The molecule has 0 heterocycles. The molecular weight excluding hydrogens is 326 g/mol.